The summed E-state index contributed by atoms with van der Waals surface area (Å²) in [5.74, 6) is 0. The highest BCUT2D eigenvalue weighted by Gasteiger charge is 2.12. The number of nitrogens with zero attached hydrogens (tertiary/aromatic N) is 2. The summed E-state index contributed by atoms with van der Waals surface area (Å²) in [6.07, 6.45) is 3.62. The summed E-state index contributed by atoms with van der Waals surface area (Å²) < 4.78 is 6.79. The lowest BCUT2D eigenvalue weighted by Crippen LogP contribution is -2.31. The maximum Gasteiger partial charge on any atom is 0.283 e. The first kappa shape index (κ1) is 16.1. The number of ether oxygens (including phenoxy) is 1. The van der Waals surface area contributed by atoms with E-state index < -0.39 is 0 Å². The van der Waals surface area contributed by atoms with Crippen molar-refractivity contribution < 1.29 is 4.74 Å². The highest BCUT2D eigenvalue weighted by Crippen LogP contribution is 2.18. The molecule has 6 nitrogen and oxygen atoms in total. The van der Waals surface area contributed by atoms with Crippen LogP contribution in [0.4, 0.5) is 5.69 Å². The van der Waals surface area contributed by atoms with Crippen molar-refractivity contribution in [2.45, 2.75) is 32.4 Å². The van der Waals surface area contributed by atoms with E-state index in [2.05, 4.69) is 33.3 Å². The van der Waals surface area contributed by atoms with Gasteiger partial charge in [-0.2, -0.15) is 5.10 Å². The standard InChI is InChI=1S/C12H21BrN4O2/c1-3-4-9(7-14)16-10-8-15-17(5-6-19-2)12(18)11(10)13/h8-9,16H,3-7,14H2,1-2H3. The van der Waals surface area contributed by atoms with Gasteiger partial charge in [0.25, 0.3) is 5.56 Å². The van der Waals surface area contributed by atoms with E-state index in [0.29, 0.717) is 29.9 Å². The van der Waals surface area contributed by atoms with Gasteiger partial charge in [-0.15, -0.1) is 0 Å². The second-order valence-electron chi connectivity index (χ2n) is 4.26. The predicted octanol–water partition coefficient (Wildman–Crippen LogP) is 1.19. The van der Waals surface area contributed by atoms with Crippen LogP contribution in [0.2, 0.25) is 0 Å². The van der Waals surface area contributed by atoms with Crippen LogP contribution in [-0.2, 0) is 11.3 Å². The number of methoxy groups -OCH3 is 1. The number of rotatable bonds is 8. The zero-order valence-electron chi connectivity index (χ0n) is 11.4. The molecule has 0 fully saturated rings. The van der Waals surface area contributed by atoms with Crippen molar-refractivity contribution in [3.8, 4) is 0 Å². The van der Waals surface area contributed by atoms with E-state index in [-0.39, 0.29) is 11.6 Å². The third-order valence-electron chi connectivity index (χ3n) is 2.77. The normalized spacial score (nSPS) is 12.4. The van der Waals surface area contributed by atoms with Crippen LogP contribution in [0.25, 0.3) is 0 Å². The van der Waals surface area contributed by atoms with Gasteiger partial charge in [-0.05, 0) is 22.4 Å². The quantitative estimate of drug-likeness (QED) is 0.747. The minimum atomic E-state index is -0.172. The molecule has 0 aliphatic heterocycles. The molecule has 0 saturated carbocycles. The Hall–Kier alpha value is -0.920. The van der Waals surface area contributed by atoms with Gasteiger partial charge in [-0.3, -0.25) is 4.79 Å². The number of aromatic nitrogens is 2. The van der Waals surface area contributed by atoms with Crippen LogP contribution >= 0.6 is 15.9 Å². The fourth-order valence-corrected chi connectivity index (χ4v) is 2.14. The summed E-state index contributed by atoms with van der Waals surface area (Å²) >= 11 is 3.31. The topological polar surface area (TPSA) is 82.2 Å². The molecule has 1 rings (SSSR count). The molecule has 0 radical (unpaired) electrons. The Morgan fingerprint density at radius 1 is 1.63 bits per heavy atom. The van der Waals surface area contributed by atoms with Gasteiger partial charge in [-0.25, -0.2) is 4.68 Å². The first-order chi connectivity index (χ1) is 9.13. The fraction of sp³-hybridized carbons (Fsp3) is 0.667. The highest BCUT2D eigenvalue weighted by molar-refractivity contribution is 9.10. The van der Waals surface area contributed by atoms with Crippen molar-refractivity contribution in [1.82, 2.24) is 9.78 Å². The third-order valence-corrected chi connectivity index (χ3v) is 3.54. The summed E-state index contributed by atoms with van der Waals surface area (Å²) in [7, 11) is 1.59. The molecule has 0 spiro atoms. The molecule has 1 unspecified atom stereocenters. The van der Waals surface area contributed by atoms with Crippen molar-refractivity contribution in [3.63, 3.8) is 0 Å². The maximum absolute atomic E-state index is 12.0. The van der Waals surface area contributed by atoms with E-state index in [9.17, 15) is 4.79 Å². The molecule has 0 bridgehead atoms. The van der Waals surface area contributed by atoms with E-state index in [1.165, 1.54) is 4.68 Å². The number of nitrogens with two attached hydrogens (primary N) is 1. The smallest absolute Gasteiger partial charge is 0.283 e. The van der Waals surface area contributed by atoms with Crippen LogP contribution in [0, 0.1) is 0 Å². The lowest BCUT2D eigenvalue weighted by Gasteiger charge is -2.18. The number of hydrogen-bond acceptors (Lipinski definition) is 5. The molecule has 1 atom stereocenters. The third kappa shape index (κ3) is 4.59. The molecular formula is C12H21BrN4O2. The van der Waals surface area contributed by atoms with Crippen LogP contribution in [0.1, 0.15) is 19.8 Å². The Morgan fingerprint density at radius 3 is 2.95 bits per heavy atom. The van der Waals surface area contributed by atoms with Crippen LogP contribution in [0.15, 0.2) is 15.5 Å². The molecule has 1 aromatic heterocycles. The molecule has 108 valence electrons. The second kappa shape index (κ2) is 8.29. The highest BCUT2D eigenvalue weighted by atomic mass is 79.9. The number of anilines is 1. The molecule has 1 aromatic rings. The monoisotopic (exact) mass is 332 g/mol. The van der Waals surface area contributed by atoms with Gasteiger partial charge in [0.1, 0.15) is 4.47 Å². The molecule has 0 saturated heterocycles. The molecule has 0 amide bonds. The largest absolute Gasteiger partial charge is 0.383 e. The van der Waals surface area contributed by atoms with Crippen molar-refractivity contribution in [1.29, 1.82) is 0 Å². The zero-order valence-corrected chi connectivity index (χ0v) is 12.9. The molecule has 7 heteroatoms. The molecule has 0 aliphatic carbocycles. The minimum Gasteiger partial charge on any atom is -0.383 e. The van der Waals surface area contributed by atoms with E-state index >= 15 is 0 Å². The van der Waals surface area contributed by atoms with Gasteiger partial charge in [0.15, 0.2) is 0 Å². The first-order valence-electron chi connectivity index (χ1n) is 6.35. The van der Waals surface area contributed by atoms with E-state index in [4.69, 9.17) is 10.5 Å². The van der Waals surface area contributed by atoms with Crippen molar-refractivity contribution >= 4 is 21.6 Å². The number of hydrogen-bond donors (Lipinski definition) is 2. The second-order valence-corrected chi connectivity index (χ2v) is 5.05. The molecule has 0 aliphatic rings. The average molecular weight is 333 g/mol. The fourth-order valence-electron chi connectivity index (χ4n) is 1.72. The first-order valence-corrected chi connectivity index (χ1v) is 7.14. The van der Waals surface area contributed by atoms with Gasteiger partial charge >= 0.3 is 0 Å². The number of halogens is 1. The summed E-state index contributed by atoms with van der Waals surface area (Å²) in [5, 5.41) is 7.36. The van der Waals surface area contributed by atoms with Gasteiger partial charge in [0.2, 0.25) is 0 Å². The summed E-state index contributed by atoms with van der Waals surface area (Å²) in [5.41, 5.74) is 6.20. The van der Waals surface area contributed by atoms with Gasteiger partial charge < -0.3 is 15.8 Å². The van der Waals surface area contributed by atoms with Crippen LogP contribution in [-0.4, -0.2) is 36.1 Å². The molecule has 1 heterocycles. The summed E-state index contributed by atoms with van der Waals surface area (Å²) in [4.78, 5) is 12.0. The van der Waals surface area contributed by atoms with Gasteiger partial charge in [0, 0.05) is 19.7 Å². The SMILES string of the molecule is CCCC(CN)Nc1cnn(CCOC)c(=O)c1Br. The van der Waals surface area contributed by atoms with Gasteiger partial charge in [0.05, 0.1) is 25.0 Å². The Labute approximate surface area is 121 Å². The Bertz CT molecular complexity index is 450. The minimum absolute atomic E-state index is 0.150. The lowest BCUT2D eigenvalue weighted by molar-refractivity contribution is 0.181. The molecule has 0 aromatic carbocycles. The lowest BCUT2D eigenvalue weighted by atomic mass is 10.1. The van der Waals surface area contributed by atoms with Crippen molar-refractivity contribution in [2.24, 2.45) is 5.73 Å². The van der Waals surface area contributed by atoms with Crippen molar-refractivity contribution in [2.75, 3.05) is 25.6 Å². The van der Waals surface area contributed by atoms with Crippen LogP contribution in [0.3, 0.4) is 0 Å². The van der Waals surface area contributed by atoms with Crippen LogP contribution in [0.5, 0.6) is 0 Å². The van der Waals surface area contributed by atoms with E-state index in [1.807, 2.05) is 0 Å². The summed E-state index contributed by atoms with van der Waals surface area (Å²) in [6, 6.07) is 0.150. The zero-order chi connectivity index (χ0) is 14.3. The molecule has 19 heavy (non-hydrogen) atoms. The number of nitrogens with one attached hydrogen (secondary N) is 1. The van der Waals surface area contributed by atoms with E-state index in [1.54, 1.807) is 13.3 Å². The van der Waals surface area contributed by atoms with Crippen LogP contribution < -0.4 is 16.6 Å². The van der Waals surface area contributed by atoms with Gasteiger partial charge in [-0.1, -0.05) is 13.3 Å². The van der Waals surface area contributed by atoms with Crippen molar-refractivity contribution in [3.05, 3.63) is 21.0 Å². The Balaban J connectivity index is 2.86. The summed E-state index contributed by atoms with van der Waals surface area (Å²) in [6.45, 7) is 3.50. The molecule has 3 N–H and O–H groups in total. The average Bonchev–Trinajstić information content (AvgIpc) is 2.42. The maximum atomic E-state index is 12.0. The Kier molecular flexibility index (Phi) is 7.04. The van der Waals surface area contributed by atoms with E-state index in [0.717, 1.165) is 12.8 Å². The Morgan fingerprint density at radius 2 is 2.37 bits per heavy atom. The molecular weight excluding hydrogens is 312 g/mol. The predicted molar refractivity (Wildman–Crippen MR) is 79.4 cm³/mol.